The predicted molar refractivity (Wildman–Crippen MR) is 176 cm³/mol. The number of halogens is 5. The van der Waals surface area contributed by atoms with Crippen molar-refractivity contribution in [2.45, 2.75) is 12.2 Å². The van der Waals surface area contributed by atoms with E-state index in [9.17, 15) is 27.6 Å². The molecule has 1 atom stereocenters. The van der Waals surface area contributed by atoms with E-state index in [1.807, 2.05) is 0 Å². The monoisotopic (exact) mass is 720 g/mol. The Bertz CT molecular complexity index is 2000. The van der Waals surface area contributed by atoms with E-state index in [4.69, 9.17) is 11.6 Å². The van der Waals surface area contributed by atoms with E-state index in [-0.39, 0.29) is 47.9 Å². The van der Waals surface area contributed by atoms with Gasteiger partial charge in [-0.25, -0.2) is 4.98 Å². The van der Waals surface area contributed by atoms with Crippen molar-refractivity contribution in [3.8, 4) is 16.8 Å². The molecule has 1 aliphatic heterocycles. The molecule has 0 radical (unpaired) electrons. The molecule has 12 heteroatoms. The molecule has 5 aromatic rings. The molecule has 1 aliphatic rings. The Kier molecular flexibility index (Phi) is 9.03. The number of hydrogen-bond acceptors (Lipinski definition) is 4. The second kappa shape index (κ2) is 13.2. The fourth-order valence-corrected chi connectivity index (χ4v) is 5.92. The van der Waals surface area contributed by atoms with Gasteiger partial charge in [0.1, 0.15) is 5.69 Å². The molecule has 1 saturated heterocycles. The molecule has 238 valence electrons. The molecule has 1 fully saturated rings. The van der Waals surface area contributed by atoms with E-state index in [0.29, 0.717) is 10.7 Å². The summed E-state index contributed by atoms with van der Waals surface area (Å²) in [7, 11) is 0. The van der Waals surface area contributed by atoms with E-state index in [1.54, 1.807) is 76.5 Å². The molecule has 3 heterocycles. The molecular formula is C35H25BrClF3N4O3. The fourth-order valence-electron chi connectivity index (χ4n) is 5.56. The van der Waals surface area contributed by atoms with Gasteiger partial charge in [-0.15, -0.1) is 0 Å². The van der Waals surface area contributed by atoms with E-state index < -0.39 is 29.2 Å². The molecule has 2 amide bonds. The van der Waals surface area contributed by atoms with E-state index in [0.717, 1.165) is 22.2 Å². The first kappa shape index (κ1) is 32.2. The lowest BCUT2D eigenvalue weighted by Crippen LogP contribution is -2.52. The summed E-state index contributed by atoms with van der Waals surface area (Å²) in [5.74, 6) is -0.759. The summed E-state index contributed by atoms with van der Waals surface area (Å²) >= 11 is 9.48. The number of pyridine rings is 2. The highest BCUT2D eigenvalue weighted by Gasteiger charge is 2.35. The quantitative estimate of drug-likeness (QED) is 0.187. The topological polar surface area (TPSA) is 75.5 Å². The first-order chi connectivity index (χ1) is 22.5. The van der Waals surface area contributed by atoms with Gasteiger partial charge in [0.15, 0.2) is 0 Å². The third kappa shape index (κ3) is 6.86. The van der Waals surface area contributed by atoms with Gasteiger partial charge in [0.05, 0.1) is 17.2 Å². The van der Waals surface area contributed by atoms with Crippen LogP contribution in [0.1, 0.15) is 38.0 Å². The lowest BCUT2D eigenvalue weighted by molar-refractivity contribution is -0.137. The largest absolute Gasteiger partial charge is 0.416 e. The zero-order chi connectivity index (χ0) is 33.3. The number of rotatable bonds is 5. The standard InChI is InChI=1S/C35H25BrClF3N4O3/c36-26-11-14-30(41-19-26)34(47)43-16-15-42(21-31(43)22-9-12-27(37)13-10-22)32(45)24-18-29(23-5-4-6-25(17-23)35(38,39)40)33(46)44(20-24)28-7-2-1-3-8-28/h1-14,17-20,31H,15-16,21H2/t31-/m1/s1. The van der Waals surface area contributed by atoms with E-state index in [1.165, 1.54) is 35.2 Å². The van der Waals surface area contributed by atoms with Crippen LogP contribution in [0.25, 0.3) is 16.8 Å². The molecule has 0 aliphatic carbocycles. The second-order valence-corrected chi connectivity index (χ2v) is 12.3. The molecular weight excluding hydrogens is 697 g/mol. The number of amides is 2. The van der Waals surface area contributed by atoms with Crippen molar-refractivity contribution >= 4 is 39.3 Å². The van der Waals surface area contributed by atoms with Crippen molar-refractivity contribution in [2.75, 3.05) is 19.6 Å². The van der Waals surface area contributed by atoms with Crippen LogP contribution in [0.2, 0.25) is 5.02 Å². The second-order valence-electron chi connectivity index (χ2n) is 10.9. The van der Waals surface area contributed by atoms with Gasteiger partial charge >= 0.3 is 6.18 Å². The van der Waals surface area contributed by atoms with Crippen LogP contribution in [0, 0.1) is 0 Å². The zero-order valence-corrected chi connectivity index (χ0v) is 26.8. The van der Waals surface area contributed by atoms with Crippen LogP contribution in [0.4, 0.5) is 13.2 Å². The maximum atomic E-state index is 14.2. The highest BCUT2D eigenvalue weighted by Crippen LogP contribution is 2.33. The van der Waals surface area contributed by atoms with E-state index >= 15 is 0 Å². The Hall–Kier alpha value is -4.74. The Morgan fingerprint density at radius 2 is 1.62 bits per heavy atom. The molecule has 0 bridgehead atoms. The molecule has 6 rings (SSSR count). The van der Waals surface area contributed by atoms with Crippen molar-refractivity contribution in [3.05, 3.63) is 152 Å². The average Bonchev–Trinajstić information content (AvgIpc) is 3.08. The Morgan fingerprint density at radius 1 is 0.872 bits per heavy atom. The number of piperazine rings is 1. The summed E-state index contributed by atoms with van der Waals surface area (Å²) in [6.45, 7) is 0.440. The number of carbonyl (C=O) groups excluding carboxylic acids is 2. The molecule has 0 unspecified atom stereocenters. The number of nitrogens with zero attached hydrogens (tertiary/aromatic N) is 4. The van der Waals surface area contributed by atoms with Gasteiger partial charge < -0.3 is 9.80 Å². The minimum absolute atomic E-state index is 0.0283. The summed E-state index contributed by atoms with van der Waals surface area (Å²) in [6.07, 6.45) is -1.69. The maximum absolute atomic E-state index is 14.2. The van der Waals surface area contributed by atoms with Crippen LogP contribution in [-0.2, 0) is 6.18 Å². The van der Waals surface area contributed by atoms with Crippen LogP contribution in [-0.4, -0.2) is 50.8 Å². The van der Waals surface area contributed by atoms with Crippen LogP contribution < -0.4 is 5.56 Å². The first-order valence-electron chi connectivity index (χ1n) is 14.5. The Morgan fingerprint density at radius 3 is 2.30 bits per heavy atom. The van der Waals surface area contributed by atoms with Crippen LogP contribution >= 0.6 is 27.5 Å². The van der Waals surface area contributed by atoms with Gasteiger partial charge in [0, 0.05) is 52.8 Å². The van der Waals surface area contributed by atoms with Gasteiger partial charge in [0.2, 0.25) is 0 Å². The number of hydrogen-bond donors (Lipinski definition) is 0. The third-order valence-electron chi connectivity index (χ3n) is 7.93. The zero-order valence-electron chi connectivity index (χ0n) is 24.5. The lowest BCUT2D eigenvalue weighted by Gasteiger charge is -2.41. The van der Waals surface area contributed by atoms with Crippen molar-refractivity contribution in [1.82, 2.24) is 19.4 Å². The highest BCUT2D eigenvalue weighted by atomic mass is 79.9. The number of alkyl halides is 3. The average molecular weight is 722 g/mol. The predicted octanol–water partition coefficient (Wildman–Crippen LogP) is 7.67. The van der Waals surface area contributed by atoms with Gasteiger partial charge in [-0.2, -0.15) is 13.2 Å². The minimum atomic E-state index is -4.62. The van der Waals surface area contributed by atoms with Crippen molar-refractivity contribution in [1.29, 1.82) is 0 Å². The van der Waals surface area contributed by atoms with Gasteiger partial charge in [-0.05, 0) is 81.7 Å². The van der Waals surface area contributed by atoms with Crippen LogP contribution in [0.5, 0.6) is 0 Å². The number of para-hydroxylation sites is 1. The summed E-state index contributed by atoms with van der Waals surface area (Å²) in [6, 6.07) is 24.1. The summed E-state index contributed by atoms with van der Waals surface area (Å²) in [5, 5.41) is 0.509. The number of carbonyl (C=O) groups is 2. The minimum Gasteiger partial charge on any atom is -0.334 e. The number of benzene rings is 3. The van der Waals surface area contributed by atoms with Crippen molar-refractivity contribution in [2.24, 2.45) is 0 Å². The molecule has 47 heavy (non-hydrogen) atoms. The molecule has 3 aromatic carbocycles. The maximum Gasteiger partial charge on any atom is 0.416 e. The van der Waals surface area contributed by atoms with Gasteiger partial charge in [-0.3, -0.25) is 19.0 Å². The highest BCUT2D eigenvalue weighted by molar-refractivity contribution is 9.10. The molecule has 2 aromatic heterocycles. The van der Waals surface area contributed by atoms with Gasteiger partial charge in [0.25, 0.3) is 17.4 Å². The van der Waals surface area contributed by atoms with Crippen LogP contribution in [0.3, 0.4) is 0 Å². The smallest absolute Gasteiger partial charge is 0.334 e. The molecule has 7 nitrogen and oxygen atoms in total. The lowest BCUT2D eigenvalue weighted by atomic mass is 9.99. The first-order valence-corrected chi connectivity index (χ1v) is 15.6. The Labute approximate surface area is 281 Å². The van der Waals surface area contributed by atoms with E-state index in [2.05, 4.69) is 20.9 Å². The van der Waals surface area contributed by atoms with Crippen molar-refractivity contribution in [3.63, 3.8) is 0 Å². The molecule has 0 saturated carbocycles. The molecule has 0 N–H and O–H groups in total. The fraction of sp³-hybridized carbons (Fsp3) is 0.143. The third-order valence-corrected chi connectivity index (χ3v) is 8.65. The van der Waals surface area contributed by atoms with Crippen LogP contribution in [0.15, 0.2) is 119 Å². The number of aromatic nitrogens is 2. The summed E-state index contributed by atoms with van der Waals surface area (Å²) < 4.78 is 42.8. The Balaban J connectivity index is 1.40. The van der Waals surface area contributed by atoms with Crippen molar-refractivity contribution < 1.29 is 22.8 Å². The van der Waals surface area contributed by atoms with Gasteiger partial charge in [-0.1, -0.05) is 54.1 Å². The molecule has 0 spiro atoms. The SMILES string of the molecule is O=C(c1cc(-c2cccc(C(F)(F)F)c2)c(=O)n(-c2ccccc2)c1)N1CCN(C(=O)c2ccc(Br)cn2)[C@@H](c2ccc(Cl)cc2)C1. The summed E-state index contributed by atoms with van der Waals surface area (Å²) in [5.41, 5.74) is 0.00866. The summed E-state index contributed by atoms with van der Waals surface area (Å²) in [4.78, 5) is 49.1. The normalized spacial score (nSPS) is 15.0.